The predicted molar refractivity (Wildman–Crippen MR) is 105 cm³/mol. The summed E-state index contributed by atoms with van der Waals surface area (Å²) in [5.41, 5.74) is 1.32. The number of rotatable bonds is 7. The second kappa shape index (κ2) is 8.54. The Labute approximate surface area is 167 Å². The van der Waals surface area contributed by atoms with Gasteiger partial charge in [0.2, 0.25) is 15.9 Å². The minimum Gasteiger partial charge on any atom is -0.441 e. The Morgan fingerprint density at radius 3 is 2.66 bits per heavy atom. The highest BCUT2D eigenvalue weighted by Crippen LogP contribution is 2.21. The fourth-order valence-electron chi connectivity index (χ4n) is 2.75. The van der Waals surface area contributed by atoms with Crippen LogP contribution in [0.5, 0.6) is 0 Å². The van der Waals surface area contributed by atoms with Gasteiger partial charge in [-0.2, -0.15) is 0 Å². The third-order valence-electron chi connectivity index (χ3n) is 4.31. The van der Waals surface area contributed by atoms with Crippen molar-refractivity contribution >= 4 is 15.9 Å². The van der Waals surface area contributed by atoms with Crippen molar-refractivity contribution in [3.63, 3.8) is 0 Å². The summed E-state index contributed by atoms with van der Waals surface area (Å²) < 4.78 is 41.5. The number of aromatic nitrogens is 1. The number of benzene rings is 2. The topological polar surface area (TPSA) is 115 Å². The van der Waals surface area contributed by atoms with E-state index in [-0.39, 0.29) is 29.5 Å². The van der Waals surface area contributed by atoms with E-state index in [4.69, 9.17) is 9.56 Å². The Kier molecular flexibility index (Phi) is 6.09. The van der Waals surface area contributed by atoms with Crippen LogP contribution in [0, 0.1) is 5.82 Å². The monoisotopic (exact) mass is 417 g/mol. The molecule has 1 atom stereocenters. The van der Waals surface area contributed by atoms with Crippen LogP contribution in [0.3, 0.4) is 0 Å². The summed E-state index contributed by atoms with van der Waals surface area (Å²) in [6.45, 7) is 1.75. The van der Waals surface area contributed by atoms with Crippen LogP contribution >= 0.6 is 0 Å². The first kappa shape index (κ1) is 20.7. The molecule has 3 N–H and O–H groups in total. The maximum atomic E-state index is 13.0. The van der Waals surface area contributed by atoms with E-state index in [1.807, 2.05) is 0 Å². The summed E-state index contributed by atoms with van der Waals surface area (Å²) in [4.78, 5) is 16.4. The van der Waals surface area contributed by atoms with Crippen molar-refractivity contribution in [1.29, 1.82) is 0 Å². The zero-order valence-corrected chi connectivity index (χ0v) is 16.4. The van der Waals surface area contributed by atoms with Gasteiger partial charge in [0.05, 0.1) is 17.1 Å². The number of nitrogens with two attached hydrogens (primary N) is 1. The van der Waals surface area contributed by atoms with Crippen molar-refractivity contribution in [3.8, 4) is 11.3 Å². The number of hydrogen-bond acceptors (Lipinski definition) is 5. The van der Waals surface area contributed by atoms with Crippen LogP contribution < -0.4 is 10.5 Å². The van der Waals surface area contributed by atoms with Crippen molar-refractivity contribution in [2.24, 2.45) is 5.14 Å². The van der Waals surface area contributed by atoms with Gasteiger partial charge in [-0.1, -0.05) is 12.1 Å². The normalized spacial score (nSPS) is 12.5. The molecule has 3 rings (SSSR count). The van der Waals surface area contributed by atoms with E-state index in [1.54, 1.807) is 31.2 Å². The molecular formula is C20H20FN3O4S. The quantitative estimate of drug-likeness (QED) is 0.613. The highest BCUT2D eigenvalue weighted by Gasteiger charge is 2.15. The second-order valence-electron chi connectivity index (χ2n) is 6.53. The number of halogens is 1. The molecule has 152 valence electrons. The molecule has 7 nitrogen and oxygen atoms in total. The highest BCUT2D eigenvalue weighted by atomic mass is 32.2. The van der Waals surface area contributed by atoms with E-state index in [0.29, 0.717) is 22.8 Å². The van der Waals surface area contributed by atoms with Gasteiger partial charge in [0, 0.05) is 18.4 Å². The van der Waals surface area contributed by atoms with Gasteiger partial charge < -0.3 is 9.73 Å². The molecule has 0 fully saturated rings. The summed E-state index contributed by atoms with van der Waals surface area (Å²) in [5, 5.41) is 7.94. The predicted octanol–water partition coefficient (Wildman–Crippen LogP) is 2.94. The number of nitrogens with zero attached hydrogens (tertiary/aromatic N) is 1. The molecule has 9 heteroatoms. The Balaban J connectivity index is 1.57. The molecule has 0 aliphatic carbocycles. The molecule has 0 radical (unpaired) electrons. The molecule has 1 heterocycles. The molecule has 2 aromatic carbocycles. The van der Waals surface area contributed by atoms with E-state index < -0.39 is 16.1 Å². The van der Waals surface area contributed by atoms with Crippen LogP contribution in [0.1, 0.15) is 30.8 Å². The number of amides is 1. The van der Waals surface area contributed by atoms with Crippen LogP contribution in [0.15, 0.2) is 64.0 Å². The lowest BCUT2D eigenvalue weighted by atomic mass is 10.1. The number of carbonyl (C=O) groups is 1. The third-order valence-corrected chi connectivity index (χ3v) is 5.22. The summed E-state index contributed by atoms with van der Waals surface area (Å²) in [7, 11) is -3.81. The van der Waals surface area contributed by atoms with E-state index in [2.05, 4.69) is 10.3 Å². The Morgan fingerprint density at radius 2 is 1.97 bits per heavy atom. The first-order valence-electron chi connectivity index (χ1n) is 8.85. The Bertz CT molecular complexity index is 1110. The number of carbonyl (C=O) groups excluding carboxylic acids is 1. The average Bonchev–Trinajstić information content (AvgIpc) is 3.15. The van der Waals surface area contributed by atoms with Crippen LogP contribution in [-0.2, 0) is 21.2 Å². The lowest BCUT2D eigenvalue weighted by Gasteiger charge is -2.15. The van der Waals surface area contributed by atoms with E-state index in [0.717, 1.165) is 0 Å². The van der Waals surface area contributed by atoms with Gasteiger partial charge in [-0.05, 0) is 48.9 Å². The number of nitrogens with one attached hydrogen (secondary N) is 1. The summed E-state index contributed by atoms with van der Waals surface area (Å²) in [6, 6.07) is 11.5. The van der Waals surface area contributed by atoms with Gasteiger partial charge in [0.1, 0.15) is 5.82 Å². The Hall–Kier alpha value is -3.04. The van der Waals surface area contributed by atoms with Gasteiger partial charge in [-0.3, -0.25) is 4.79 Å². The van der Waals surface area contributed by atoms with E-state index in [1.165, 1.54) is 30.5 Å². The number of hydrogen-bond donors (Lipinski definition) is 2. The lowest BCUT2D eigenvalue weighted by molar-refractivity contribution is -0.121. The van der Waals surface area contributed by atoms with Gasteiger partial charge in [0.15, 0.2) is 11.7 Å². The van der Waals surface area contributed by atoms with Crippen LogP contribution in [-0.4, -0.2) is 19.3 Å². The molecule has 0 spiro atoms. The number of primary sulfonamides is 1. The molecule has 0 aliphatic heterocycles. The zero-order chi connectivity index (χ0) is 21.0. The van der Waals surface area contributed by atoms with Crippen LogP contribution in [0.4, 0.5) is 4.39 Å². The van der Waals surface area contributed by atoms with Gasteiger partial charge in [-0.15, -0.1) is 0 Å². The van der Waals surface area contributed by atoms with Crippen molar-refractivity contribution < 1.29 is 22.0 Å². The number of aryl methyl sites for hydroxylation is 1. The molecule has 0 bridgehead atoms. The SMILES string of the molecule is CC(NC(=O)CCc1ncc(-c2ccc(F)cc2)o1)c1cccc(S(N)(=O)=O)c1. The fraction of sp³-hybridized carbons (Fsp3) is 0.200. The maximum absolute atomic E-state index is 13.0. The number of oxazole rings is 1. The van der Waals surface area contributed by atoms with E-state index in [9.17, 15) is 17.6 Å². The smallest absolute Gasteiger partial charge is 0.238 e. The lowest BCUT2D eigenvalue weighted by Crippen LogP contribution is -2.27. The summed E-state index contributed by atoms with van der Waals surface area (Å²) in [6.07, 6.45) is 1.96. The first-order chi connectivity index (χ1) is 13.7. The fourth-order valence-corrected chi connectivity index (χ4v) is 3.32. The zero-order valence-electron chi connectivity index (χ0n) is 15.6. The molecule has 0 saturated heterocycles. The molecule has 0 saturated carbocycles. The maximum Gasteiger partial charge on any atom is 0.238 e. The highest BCUT2D eigenvalue weighted by molar-refractivity contribution is 7.89. The number of sulfonamides is 1. The molecule has 1 amide bonds. The first-order valence-corrected chi connectivity index (χ1v) is 10.4. The summed E-state index contributed by atoms with van der Waals surface area (Å²) in [5.74, 6) is 0.311. The van der Waals surface area contributed by atoms with Crippen molar-refractivity contribution in [2.75, 3.05) is 0 Å². The molecular weight excluding hydrogens is 397 g/mol. The minimum absolute atomic E-state index is 0.00999. The standard InChI is InChI=1S/C20H20FN3O4S/c1-13(15-3-2-4-17(11-15)29(22,26)27)24-19(25)9-10-20-23-12-18(28-20)14-5-7-16(21)8-6-14/h2-8,11-13H,9-10H2,1H3,(H,24,25)(H2,22,26,27). The molecule has 3 aromatic rings. The van der Waals surface area contributed by atoms with Crippen molar-refractivity contribution in [1.82, 2.24) is 10.3 Å². The largest absolute Gasteiger partial charge is 0.441 e. The average molecular weight is 417 g/mol. The molecule has 1 unspecified atom stereocenters. The second-order valence-corrected chi connectivity index (χ2v) is 8.09. The van der Waals surface area contributed by atoms with Crippen molar-refractivity contribution in [2.45, 2.75) is 30.7 Å². The van der Waals surface area contributed by atoms with Crippen molar-refractivity contribution in [3.05, 3.63) is 72.0 Å². The van der Waals surface area contributed by atoms with Gasteiger partial charge >= 0.3 is 0 Å². The van der Waals surface area contributed by atoms with E-state index >= 15 is 0 Å². The Morgan fingerprint density at radius 1 is 1.24 bits per heavy atom. The molecule has 29 heavy (non-hydrogen) atoms. The summed E-state index contributed by atoms with van der Waals surface area (Å²) >= 11 is 0. The third kappa shape index (κ3) is 5.49. The molecule has 1 aromatic heterocycles. The van der Waals surface area contributed by atoms with Gasteiger partial charge in [-0.25, -0.2) is 22.9 Å². The van der Waals surface area contributed by atoms with Crippen LogP contribution in [0.2, 0.25) is 0 Å². The minimum atomic E-state index is -3.81. The van der Waals surface area contributed by atoms with Crippen LogP contribution in [0.25, 0.3) is 11.3 Å². The van der Waals surface area contributed by atoms with Gasteiger partial charge in [0.25, 0.3) is 0 Å². The molecule has 0 aliphatic rings.